The van der Waals surface area contributed by atoms with E-state index in [0.29, 0.717) is 0 Å². The first-order valence-electron chi connectivity index (χ1n) is 6.80. The summed E-state index contributed by atoms with van der Waals surface area (Å²) in [5.74, 6) is 0.0344. The molecular weight excluding hydrogens is 266 g/mol. The Morgan fingerprint density at radius 2 is 1.90 bits per heavy atom. The van der Waals surface area contributed by atoms with Crippen LogP contribution >= 0.6 is 11.8 Å². The van der Waals surface area contributed by atoms with Gasteiger partial charge in [-0.25, -0.2) is 0 Å². The molecular formula is C17H19NOS. The Morgan fingerprint density at radius 3 is 2.60 bits per heavy atom. The zero-order chi connectivity index (χ0) is 14.4. The van der Waals surface area contributed by atoms with Crippen molar-refractivity contribution in [1.29, 1.82) is 0 Å². The molecule has 20 heavy (non-hydrogen) atoms. The predicted octanol–water partition coefficient (Wildman–Crippen LogP) is 4.37. The monoisotopic (exact) mass is 285 g/mol. The van der Waals surface area contributed by atoms with E-state index in [4.69, 9.17) is 0 Å². The molecule has 0 saturated heterocycles. The molecule has 0 aromatic heterocycles. The molecule has 0 heterocycles. The summed E-state index contributed by atoms with van der Waals surface area (Å²) < 4.78 is 0. The summed E-state index contributed by atoms with van der Waals surface area (Å²) in [5, 5.41) is 2.85. The fourth-order valence-corrected chi connectivity index (χ4v) is 2.76. The van der Waals surface area contributed by atoms with E-state index < -0.39 is 0 Å². The van der Waals surface area contributed by atoms with Gasteiger partial charge in [0.15, 0.2) is 0 Å². The van der Waals surface area contributed by atoms with Crippen LogP contribution in [0, 0.1) is 0 Å². The van der Waals surface area contributed by atoms with Crippen molar-refractivity contribution < 1.29 is 4.79 Å². The van der Waals surface area contributed by atoms with Gasteiger partial charge in [0.2, 0.25) is 5.91 Å². The van der Waals surface area contributed by atoms with Crippen molar-refractivity contribution in [2.75, 3.05) is 5.32 Å². The van der Waals surface area contributed by atoms with E-state index in [1.165, 1.54) is 5.56 Å². The first-order chi connectivity index (χ1) is 9.69. The average Bonchev–Trinajstić information content (AvgIpc) is 2.48. The molecule has 2 rings (SSSR count). The number of aryl methyl sites for hydroxylation is 1. The van der Waals surface area contributed by atoms with Crippen molar-refractivity contribution in [1.82, 2.24) is 0 Å². The van der Waals surface area contributed by atoms with E-state index in [-0.39, 0.29) is 11.2 Å². The van der Waals surface area contributed by atoms with Crippen molar-refractivity contribution in [3.8, 4) is 0 Å². The number of carbonyl (C=O) groups excluding carboxylic acids is 1. The summed E-state index contributed by atoms with van der Waals surface area (Å²) in [4.78, 5) is 13.3. The summed E-state index contributed by atoms with van der Waals surface area (Å²) >= 11 is 1.57. The second-order valence-corrected chi connectivity index (χ2v) is 6.03. The Balaban J connectivity index is 1.97. The molecule has 0 aliphatic rings. The molecule has 0 aliphatic carbocycles. The predicted molar refractivity (Wildman–Crippen MR) is 86.2 cm³/mol. The summed E-state index contributed by atoms with van der Waals surface area (Å²) in [6.45, 7) is 4.03. The maximum atomic E-state index is 12.2. The van der Waals surface area contributed by atoms with Gasteiger partial charge in [-0.2, -0.15) is 0 Å². The Morgan fingerprint density at radius 1 is 1.15 bits per heavy atom. The van der Waals surface area contributed by atoms with Gasteiger partial charge in [0.05, 0.1) is 5.25 Å². The third kappa shape index (κ3) is 4.14. The van der Waals surface area contributed by atoms with Crippen molar-refractivity contribution in [3.05, 3.63) is 60.2 Å². The van der Waals surface area contributed by atoms with Crippen LogP contribution in [0.5, 0.6) is 0 Å². The second kappa shape index (κ2) is 7.15. The lowest BCUT2D eigenvalue weighted by atomic mass is 10.1. The lowest BCUT2D eigenvalue weighted by molar-refractivity contribution is -0.115. The molecule has 0 saturated carbocycles. The van der Waals surface area contributed by atoms with Gasteiger partial charge < -0.3 is 5.32 Å². The molecule has 0 bridgehead atoms. The van der Waals surface area contributed by atoms with E-state index in [1.807, 2.05) is 55.5 Å². The van der Waals surface area contributed by atoms with Gasteiger partial charge in [0.1, 0.15) is 0 Å². The van der Waals surface area contributed by atoms with E-state index in [0.717, 1.165) is 17.0 Å². The van der Waals surface area contributed by atoms with E-state index in [2.05, 4.69) is 18.3 Å². The highest BCUT2D eigenvalue weighted by Gasteiger charge is 2.14. The normalized spacial score (nSPS) is 11.9. The maximum absolute atomic E-state index is 12.2. The summed E-state index contributed by atoms with van der Waals surface area (Å²) in [6.07, 6.45) is 0.970. The Bertz CT molecular complexity index is 568. The third-order valence-corrected chi connectivity index (χ3v) is 4.14. The first kappa shape index (κ1) is 14.7. The van der Waals surface area contributed by atoms with Crippen LogP contribution in [0.2, 0.25) is 0 Å². The minimum absolute atomic E-state index is 0.0344. The van der Waals surface area contributed by atoms with Gasteiger partial charge in [-0.15, -0.1) is 11.8 Å². The highest BCUT2D eigenvalue weighted by molar-refractivity contribution is 8.00. The van der Waals surface area contributed by atoms with Gasteiger partial charge in [-0.3, -0.25) is 4.79 Å². The molecule has 2 aromatic rings. The second-order valence-electron chi connectivity index (χ2n) is 4.62. The Kier molecular flexibility index (Phi) is 5.24. The number of thioether (sulfide) groups is 1. The number of nitrogens with one attached hydrogen (secondary N) is 1. The number of anilines is 1. The Labute approximate surface area is 124 Å². The molecule has 0 fully saturated rings. The van der Waals surface area contributed by atoms with Crippen LogP contribution in [-0.2, 0) is 11.2 Å². The highest BCUT2D eigenvalue weighted by Crippen LogP contribution is 2.23. The first-order valence-corrected chi connectivity index (χ1v) is 7.68. The van der Waals surface area contributed by atoms with Crippen LogP contribution in [0.15, 0.2) is 59.5 Å². The van der Waals surface area contributed by atoms with Gasteiger partial charge in [0, 0.05) is 10.6 Å². The summed E-state index contributed by atoms with van der Waals surface area (Å²) in [6, 6.07) is 18.0. The summed E-state index contributed by atoms with van der Waals surface area (Å²) in [7, 11) is 0. The minimum atomic E-state index is -0.123. The van der Waals surface area contributed by atoms with Crippen molar-refractivity contribution >= 4 is 23.4 Å². The molecule has 1 N–H and O–H groups in total. The number of amides is 1. The zero-order valence-corrected chi connectivity index (χ0v) is 12.6. The molecule has 1 unspecified atom stereocenters. The average molecular weight is 285 g/mol. The largest absolute Gasteiger partial charge is 0.325 e. The SMILES string of the molecule is CCc1cccc(NC(=O)C(C)Sc2ccccc2)c1. The quantitative estimate of drug-likeness (QED) is 0.827. The third-order valence-electron chi connectivity index (χ3n) is 3.03. The standard InChI is InChI=1S/C17H19NOS/c1-3-14-8-7-9-15(12-14)18-17(19)13(2)20-16-10-5-4-6-11-16/h4-13H,3H2,1-2H3,(H,18,19). The molecule has 2 aromatic carbocycles. The lowest BCUT2D eigenvalue weighted by Gasteiger charge is -2.12. The zero-order valence-electron chi connectivity index (χ0n) is 11.8. The maximum Gasteiger partial charge on any atom is 0.237 e. The number of carbonyl (C=O) groups is 1. The number of hydrogen-bond donors (Lipinski definition) is 1. The van der Waals surface area contributed by atoms with Crippen LogP contribution in [0.1, 0.15) is 19.4 Å². The van der Waals surface area contributed by atoms with E-state index in [1.54, 1.807) is 11.8 Å². The fraction of sp³-hybridized carbons (Fsp3) is 0.235. The number of benzene rings is 2. The fourth-order valence-electron chi connectivity index (χ4n) is 1.87. The topological polar surface area (TPSA) is 29.1 Å². The lowest BCUT2D eigenvalue weighted by Crippen LogP contribution is -2.22. The highest BCUT2D eigenvalue weighted by atomic mass is 32.2. The van der Waals surface area contributed by atoms with Gasteiger partial charge in [-0.1, -0.05) is 37.3 Å². The summed E-state index contributed by atoms with van der Waals surface area (Å²) in [5.41, 5.74) is 2.10. The van der Waals surface area contributed by atoms with Gasteiger partial charge in [0.25, 0.3) is 0 Å². The molecule has 104 valence electrons. The Hall–Kier alpha value is -1.74. The van der Waals surface area contributed by atoms with Crippen molar-refractivity contribution in [2.24, 2.45) is 0 Å². The number of hydrogen-bond acceptors (Lipinski definition) is 2. The molecule has 0 spiro atoms. The van der Waals surface area contributed by atoms with Crippen molar-refractivity contribution in [3.63, 3.8) is 0 Å². The van der Waals surface area contributed by atoms with Crippen molar-refractivity contribution in [2.45, 2.75) is 30.4 Å². The van der Waals surface area contributed by atoms with Crippen LogP contribution in [0.3, 0.4) is 0 Å². The molecule has 2 nitrogen and oxygen atoms in total. The van der Waals surface area contributed by atoms with Crippen LogP contribution in [-0.4, -0.2) is 11.2 Å². The van der Waals surface area contributed by atoms with Crippen LogP contribution in [0.25, 0.3) is 0 Å². The molecule has 3 heteroatoms. The van der Waals surface area contributed by atoms with Gasteiger partial charge in [-0.05, 0) is 43.2 Å². The van der Waals surface area contributed by atoms with Crippen LogP contribution in [0.4, 0.5) is 5.69 Å². The molecule has 0 radical (unpaired) electrons. The van der Waals surface area contributed by atoms with E-state index >= 15 is 0 Å². The molecule has 0 aliphatic heterocycles. The van der Waals surface area contributed by atoms with Gasteiger partial charge >= 0.3 is 0 Å². The smallest absolute Gasteiger partial charge is 0.237 e. The number of rotatable bonds is 5. The van der Waals surface area contributed by atoms with E-state index in [9.17, 15) is 4.79 Å². The minimum Gasteiger partial charge on any atom is -0.325 e. The molecule has 1 amide bonds. The van der Waals surface area contributed by atoms with Crippen LogP contribution < -0.4 is 5.32 Å². The molecule has 1 atom stereocenters.